The average Bonchev–Trinajstić information content (AvgIpc) is 2.85. The van der Waals surface area contributed by atoms with Gasteiger partial charge in [-0.25, -0.2) is 0 Å². The lowest BCUT2D eigenvalue weighted by Crippen LogP contribution is -2.31. The van der Waals surface area contributed by atoms with Crippen LogP contribution in [0, 0.1) is 0 Å². The van der Waals surface area contributed by atoms with Crippen molar-refractivity contribution in [2.75, 3.05) is 0 Å². The zero-order valence-electron chi connectivity index (χ0n) is 21.2. The predicted octanol–water partition coefficient (Wildman–Crippen LogP) is 5.10. The molecule has 4 aromatic carbocycles. The molecule has 0 bridgehead atoms. The van der Waals surface area contributed by atoms with Crippen molar-refractivity contribution >= 4 is 22.8 Å². The maximum Gasteiger partial charge on any atom is 0.329 e. The highest BCUT2D eigenvalue weighted by Crippen LogP contribution is 2.47. The number of hydrogen-bond donors (Lipinski definition) is 6. The summed E-state index contributed by atoms with van der Waals surface area (Å²) in [6.07, 6.45) is -1.25. The molecule has 0 fully saturated rings. The zero-order chi connectivity index (χ0) is 29.2. The molecule has 4 rings (SSSR count). The van der Waals surface area contributed by atoms with Gasteiger partial charge in [0.1, 0.15) is 0 Å². The Morgan fingerprint density at radius 1 is 0.400 bits per heavy atom. The molecule has 0 saturated carbocycles. The van der Waals surface area contributed by atoms with E-state index < -0.39 is 46.7 Å². The van der Waals surface area contributed by atoms with Crippen LogP contribution in [-0.4, -0.2) is 29.4 Å². The number of hydrogen-bond acceptors (Lipinski definition) is 3. The number of benzene rings is 4. The van der Waals surface area contributed by atoms with E-state index in [2.05, 4.69) is 0 Å². The first-order valence-corrected chi connectivity index (χ1v) is 17.5. The second kappa shape index (κ2) is 11.7. The fourth-order valence-electron chi connectivity index (χ4n) is 4.98. The third-order valence-electron chi connectivity index (χ3n) is 6.53. The van der Waals surface area contributed by atoms with E-state index >= 15 is 0 Å². The fourth-order valence-corrected chi connectivity index (χ4v) is 7.04. The van der Waals surface area contributed by atoms with Crippen molar-refractivity contribution in [3.8, 4) is 0 Å². The van der Waals surface area contributed by atoms with Crippen molar-refractivity contribution in [2.45, 2.75) is 23.9 Å². The van der Waals surface area contributed by atoms with Crippen LogP contribution >= 0.6 is 22.8 Å². The summed E-state index contributed by atoms with van der Waals surface area (Å²) in [6, 6.07) is 30.1. The van der Waals surface area contributed by atoms with E-state index in [1.807, 2.05) is 30.3 Å². The molecule has 0 spiro atoms. The molecule has 40 heavy (non-hydrogen) atoms. The predicted molar refractivity (Wildman–Crippen MR) is 152 cm³/mol. The van der Waals surface area contributed by atoms with Crippen LogP contribution in [0.5, 0.6) is 0 Å². The van der Waals surface area contributed by atoms with E-state index in [0.717, 1.165) is 22.3 Å². The Kier molecular flexibility index (Phi) is 8.84. The Bertz CT molecular complexity index is 1420. The minimum atomic E-state index is -4.29. The standard InChI is InChI=1S/C28H29O9P3/c29-38(30,31)18-21-6-12-25(13-7-21)28(24-4-2-1-3-5-24,26-14-8-22(9-15-26)19-39(32,33)34)27-16-10-23(11-17-27)20-40(35,36)37/h1-17H,18-20H2,(H2,29,30,31)(H2,32,33,34)(H2,35,36,37). The molecule has 6 N–H and O–H groups in total. The molecule has 0 atom stereocenters. The summed E-state index contributed by atoms with van der Waals surface area (Å²) in [7, 11) is -12.9. The Labute approximate surface area is 231 Å². The van der Waals surface area contributed by atoms with Crippen molar-refractivity contribution < 1.29 is 43.1 Å². The van der Waals surface area contributed by atoms with Crippen molar-refractivity contribution in [3.63, 3.8) is 0 Å². The van der Waals surface area contributed by atoms with Gasteiger partial charge in [-0.2, -0.15) is 0 Å². The van der Waals surface area contributed by atoms with Gasteiger partial charge in [0.15, 0.2) is 0 Å². The monoisotopic (exact) mass is 602 g/mol. The van der Waals surface area contributed by atoms with Gasteiger partial charge in [-0.05, 0) is 38.9 Å². The molecular formula is C28H29O9P3. The minimum Gasteiger partial charge on any atom is -0.324 e. The van der Waals surface area contributed by atoms with Crippen molar-refractivity contribution in [3.05, 3.63) is 142 Å². The van der Waals surface area contributed by atoms with Crippen molar-refractivity contribution in [1.82, 2.24) is 0 Å². The van der Waals surface area contributed by atoms with Crippen LogP contribution in [0.25, 0.3) is 0 Å². The van der Waals surface area contributed by atoms with E-state index in [1.165, 1.54) is 0 Å². The van der Waals surface area contributed by atoms with Crippen LogP contribution in [0.15, 0.2) is 103 Å². The van der Waals surface area contributed by atoms with Gasteiger partial charge in [0.05, 0.1) is 23.9 Å². The van der Waals surface area contributed by atoms with Crippen LogP contribution in [0.2, 0.25) is 0 Å². The molecule has 0 aliphatic rings. The van der Waals surface area contributed by atoms with Crippen LogP contribution in [-0.2, 0) is 37.6 Å². The van der Waals surface area contributed by atoms with Crippen molar-refractivity contribution in [1.29, 1.82) is 0 Å². The summed E-state index contributed by atoms with van der Waals surface area (Å²) in [5.41, 5.74) is 3.44. The Morgan fingerprint density at radius 3 is 0.900 bits per heavy atom. The molecule has 0 aliphatic carbocycles. The molecule has 4 aromatic rings. The first-order valence-electron chi connectivity index (χ1n) is 12.1. The first kappa shape index (κ1) is 30.3. The normalized spacial score (nSPS) is 12.8. The Morgan fingerprint density at radius 2 is 0.650 bits per heavy atom. The third kappa shape index (κ3) is 7.54. The molecule has 0 aliphatic heterocycles. The largest absolute Gasteiger partial charge is 0.329 e. The second-order valence-electron chi connectivity index (χ2n) is 9.68. The Balaban J connectivity index is 1.96. The fraction of sp³-hybridized carbons (Fsp3) is 0.143. The quantitative estimate of drug-likeness (QED) is 0.107. The highest BCUT2D eigenvalue weighted by atomic mass is 31.2. The van der Waals surface area contributed by atoms with Gasteiger partial charge < -0.3 is 29.4 Å². The second-order valence-corrected chi connectivity index (χ2v) is 14.6. The van der Waals surface area contributed by atoms with E-state index in [0.29, 0.717) is 16.7 Å². The minimum absolute atomic E-state index is 0.417. The van der Waals surface area contributed by atoms with Gasteiger partial charge in [-0.3, -0.25) is 13.7 Å². The molecule has 0 unspecified atom stereocenters. The maximum absolute atomic E-state index is 11.6. The van der Waals surface area contributed by atoms with E-state index in [-0.39, 0.29) is 0 Å². The molecule has 0 heterocycles. The lowest BCUT2D eigenvalue weighted by atomic mass is 9.65. The topological polar surface area (TPSA) is 173 Å². The van der Waals surface area contributed by atoms with Crippen LogP contribution in [0.3, 0.4) is 0 Å². The summed E-state index contributed by atoms with van der Waals surface area (Å²) < 4.78 is 34.8. The van der Waals surface area contributed by atoms with Gasteiger partial charge in [0, 0.05) is 0 Å². The van der Waals surface area contributed by atoms with Crippen LogP contribution < -0.4 is 0 Å². The first-order chi connectivity index (χ1) is 18.7. The van der Waals surface area contributed by atoms with Gasteiger partial charge in [-0.1, -0.05) is 103 Å². The summed E-state index contributed by atoms with van der Waals surface area (Å²) >= 11 is 0. The molecule has 0 amide bonds. The third-order valence-corrected chi connectivity index (χ3v) is 8.86. The molecule has 0 aromatic heterocycles. The van der Waals surface area contributed by atoms with Gasteiger partial charge in [0.2, 0.25) is 0 Å². The molecule has 9 nitrogen and oxygen atoms in total. The van der Waals surface area contributed by atoms with Crippen molar-refractivity contribution in [2.24, 2.45) is 0 Å². The highest BCUT2D eigenvalue weighted by molar-refractivity contribution is 7.51. The summed E-state index contributed by atoms with van der Waals surface area (Å²) in [5.74, 6) is 0. The maximum atomic E-state index is 11.6. The SMILES string of the molecule is O=P(O)(O)Cc1ccc(C(c2ccccc2)(c2ccc(CP(=O)(O)O)cc2)c2ccc(CP(=O)(O)O)cc2)cc1. The molecule has 12 heteroatoms. The molecule has 0 radical (unpaired) electrons. The summed E-state index contributed by atoms with van der Waals surface area (Å²) in [5, 5.41) is 0. The van der Waals surface area contributed by atoms with Gasteiger partial charge in [-0.15, -0.1) is 0 Å². The lowest BCUT2D eigenvalue weighted by Gasteiger charge is -2.37. The van der Waals surface area contributed by atoms with E-state index in [1.54, 1.807) is 72.8 Å². The smallest absolute Gasteiger partial charge is 0.324 e. The summed E-state index contributed by atoms with van der Waals surface area (Å²) in [6.45, 7) is 0. The zero-order valence-corrected chi connectivity index (χ0v) is 23.9. The van der Waals surface area contributed by atoms with E-state index in [4.69, 9.17) is 0 Å². The highest BCUT2D eigenvalue weighted by Gasteiger charge is 2.38. The average molecular weight is 602 g/mol. The van der Waals surface area contributed by atoms with Crippen LogP contribution in [0.4, 0.5) is 0 Å². The molecular weight excluding hydrogens is 573 g/mol. The number of rotatable bonds is 10. The van der Waals surface area contributed by atoms with Gasteiger partial charge >= 0.3 is 22.8 Å². The molecule has 0 saturated heterocycles. The van der Waals surface area contributed by atoms with Crippen LogP contribution in [0.1, 0.15) is 38.9 Å². The summed E-state index contributed by atoms with van der Waals surface area (Å²) in [4.78, 5) is 56.7. The Hall–Kier alpha value is -2.67. The van der Waals surface area contributed by atoms with Gasteiger partial charge in [0.25, 0.3) is 0 Å². The molecule has 210 valence electrons. The van der Waals surface area contributed by atoms with E-state index in [9.17, 15) is 43.1 Å². The lowest BCUT2D eigenvalue weighted by molar-refractivity contribution is 0.369.